The highest BCUT2D eigenvalue weighted by molar-refractivity contribution is 8.16. The average Bonchev–Trinajstić information content (AvgIpc) is 3.35. The number of alkyl halides is 3. The van der Waals surface area contributed by atoms with Gasteiger partial charge in [-0.05, 0) is 60.5 Å². The van der Waals surface area contributed by atoms with Crippen LogP contribution in [0.2, 0.25) is 0 Å². The molecular formula is C23H26F3N3S. The number of aromatic amines is 1. The van der Waals surface area contributed by atoms with Gasteiger partial charge in [-0.15, -0.1) is 0 Å². The van der Waals surface area contributed by atoms with Crippen LogP contribution in [0.25, 0.3) is 10.9 Å². The van der Waals surface area contributed by atoms with Gasteiger partial charge >= 0.3 is 6.18 Å². The van der Waals surface area contributed by atoms with Gasteiger partial charge in [0.05, 0.1) is 0 Å². The van der Waals surface area contributed by atoms with Crippen LogP contribution in [0.3, 0.4) is 0 Å². The number of para-hydroxylation sites is 1. The highest BCUT2D eigenvalue weighted by Crippen LogP contribution is 2.32. The van der Waals surface area contributed by atoms with Crippen molar-refractivity contribution in [1.82, 2.24) is 9.88 Å². The second-order valence-electron chi connectivity index (χ2n) is 7.73. The van der Waals surface area contributed by atoms with Gasteiger partial charge in [0.2, 0.25) is 0 Å². The van der Waals surface area contributed by atoms with E-state index in [0.717, 1.165) is 37.3 Å². The summed E-state index contributed by atoms with van der Waals surface area (Å²) in [7, 11) is -1.02. The molecule has 1 aliphatic rings. The van der Waals surface area contributed by atoms with Crippen molar-refractivity contribution >= 4 is 32.6 Å². The molecule has 1 aliphatic heterocycles. The molecule has 2 heterocycles. The lowest BCUT2D eigenvalue weighted by atomic mass is 9.98. The van der Waals surface area contributed by atoms with Crippen molar-refractivity contribution in [3.05, 3.63) is 65.9 Å². The van der Waals surface area contributed by atoms with Gasteiger partial charge in [0.15, 0.2) is 0 Å². The van der Waals surface area contributed by atoms with Crippen LogP contribution in [0.4, 0.5) is 18.9 Å². The number of aromatic nitrogens is 1. The van der Waals surface area contributed by atoms with Gasteiger partial charge in [-0.25, -0.2) is 0 Å². The molecule has 7 heteroatoms. The van der Waals surface area contributed by atoms with E-state index in [1.165, 1.54) is 16.5 Å². The average molecular weight is 434 g/mol. The Kier molecular flexibility index (Phi) is 6.20. The lowest BCUT2D eigenvalue weighted by molar-refractivity contribution is -0.105. The molecule has 0 aliphatic carbocycles. The van der Waals surface area contributed by atoms with Crippen LogP contribution in [0.15, 0.2) is 54.7 Å². The van der Waals surface area contributed by atoms with E-state index in [4.69, 9.17) is 0 Å². The summed E-state index contributed by atoms with van der Waals surface area (Å²) in [6.45, 7) is 4.55. The lowest BCUT2D eigenvalue weighted by Crippen LogP contribution is -2.19. The molecule has 0 spiro atoms. The minimum atomic E-state index is -4.17. The molecule has 1 fully saturated rings. The van der Waals surface area contributed by atoms with Gasteiger partial charge in [-0.1, -0.05) is 41.0 Å². The fourth-order valence-corrected chi connectivity index (χ4v) is 5.25. The summed E-state index contributed by atoms with van der Waals surface area (Å²) in [6, 6.07) is 16.2. The number of likely N-dealkylation sites (tertiary alicyclic amines) is 1. The maximum atomic E-state index is 12.8. The molecule has 2 unspecified atom stereocenters. The van der Waals surface area contributed by atoms with E-state index in [-0.39, 0.29) is 0 Å². The first-order valence-electron chi connectivity index (χ1n) is 10.1. The van der Waals surface area contributed by atoms with Gasteiger partial charge in [0.1, 0.15) is 5.75 Å². The monoisotopic (exact) mass is 433 g/mol. The first-order chi connectivity index (χ1) is 14.4. The molecule has 160 valence electrons. The van der Waals surface area contributed by atoms with Crippen molar-refractivity contribution in [2.24, 2.45) is 0 Å². The Labute approximate surface area is 177 Å². The topological polar surface area (TPSA) is 31.1 Å². The third-order valence-electron chi connectivity index (χ3n) is 5.55. The molecule has 0 bridgehead atoms. The van der Waals surface area contributed by atoms with Crippen molar-refractivity contribution in [3.63, 3.8) is 0 Å². The number of benzene rings is 2. The Morgan fingerprint density at radius 3 is 2.83 bits per heavy atom. The molecular weight excluding hydrogens is 407 g/mol. The standard InChI is InChI=1S/C23H26F3N3S/c1-2-30(16-23(24,25)26)28-20-7-5-6-17(12-20)18-10-11-29(14-18)15-19-13-27-22-9-4-3-8-21(19)22/h2-9,12-13,18,27-28H,10-11,14-16H2,1H3. The van der Waals surface area contributed by atoms with Crippen LogP contribution in [-0.4, -0.2) is 40.3 Å². The van der Waals surface area contributed by atoms with Gasteiger partial charge < -0.3 is 9.71 Å². The number of hydrogen-bond acceptors (Lipinski definition) is 2. The molecule has 1 aromatic heterocycles. The second kappa shape index (κ2) is 8.86. The zero-order valence-corrected chi connectivity index (χ0v) is 17.7. The summed E-state index contributed by atoms with van der Waals surface area (Å²) in [5.74, 6) is -0.442. The molecule has 4 rings (SSSR count). The Balaban J connectivity index is 1.41. The highest BCUT2D eigenvalue weighted by atomic mass is 32.2. The quantitative estimate of drug-likeness (QED) is 0.458. The van der Waals surface area contributed by atoms with Gasteiger partial charge in [-0.3, -0.25) is 4.90 Å². The number of H-pyrrole nitrogens is 1. The summed E-state index contributed by atoms with van der Waals surface area (Å²) in [5.41, 5.74) is 4.40. The van der Waals surface area contributed by atoms with Crippen LogP contribution >= 0.6 is 10.7 Å². The highest BCUT2D eigenvalue weighted by Gasteiger charge is 2.29. The van der Waals surface area contributed by atoms with E-state index < -0.39 is 22.6 Å². The number of nitrogens with one attached hydrogen (secondary N) is 2. The molecule has 2 atom stereocenters. The zero-order chi connectivity index (χ0) is 21.1. The van der Waals surface area contributed by atoms with Crippen molar-refractivity contribution in [3.8, 4) is 0 Å². The van der Waals surface area contributed by atoms with Crippen LogP contribution in [0.5, 0.6) is 0 Å². The number of halogens is 3. The maximum absolute atomic E-state index is 12.8. The summed E-state index contributed by atoms with van der Waals surface area (Å²) in [6.07, 6.45) is -1.03. The number of rotatable bonds is 6. The summed E-state index contributed by atoms with van der Waals surface area (Å²) in [5, 5.41) is 2.86. The molecule has 2 N–H and O–H groups in total. The number of hydrogen-bond donors (Lipinski definition) is 2. The van der Waals surface area contributed by atoms with E-state index >= 15 is 0 Å². The predicted molar refractivity (Wildman–Crippen MR) is 121 cm³/mol. The van der Waals surface area contributed by atoms with Crippen molar-refractivity contribution < 1.29 is 13.2 Å². The molecule has 2 aromatic carbocycles. The Hall–Kier alpha value is -2.25. The SMILES string of the molecule is C/C=S(/CC(F)(F)F)Nc1cccc(C2CCN(Cc3c[nH]c4ccccc34)C2)c1. The van der Waals surface area contributed by atoms with Crippen molar-refractivity contribution in [2.75, 3.05) is 23.6 Å². The molecule has 1 saturated heterocycles. The molecule has 3 aromatic rings. The molecule has 30 heavy (non-hydrogen) atoms. The predicted octanol–water partition coefficient (Wildman–Crippen LogP) is 6.14. The van der Waals surface area contributed by atoms with E-state index in [9.17, 15) is 13.2 Å². The summed E-state index contributed by atoms with van der Waals surface area (Å²) < 4.78 is 41.3. The van der Waals surface area contributed by atoms with E-state index in [1.54, 1.807) is 12.3 Å². The van der Waals surface area contributed by atoms with E-state index in [0.29, 0.717) is 5.92 Å². The largest absolute Gasteiger partial charge is 0.399 e. The van der Waals surface area contributed by atoms with Crippen molar-refractivity contribution in [2.45, 2.75) is 32.0 Å². The fourth-order valence-electron chi connectivity index (χ4n) is 4.11. The molecule has 0 saturated carbocycles. The van der Waals surface area contributed by atoms with Crippen LogP contribution in [0.1, 0.15) is 30.4 Å². The number of anilines is 1. The summed E-state index contributed by atoms with van der Waals surface area (Å²) >= 11 is 0. The molecule has 0 amide bonds. The molecule has 3 nitrogen and oxygen atoms in total. The summed E-state index contributed by atoms with van der Waals surface area (Å²) in [4.78, 5) is 5.79. The second-order valence-corrected chi connectivity index (χ2v) is 9.55. The maximum Gasteiger partial charge on any atom is 0.399 e. The fraction of sp³-hybridized carbons (Fsp3) is 0.348. The molecule has 0 radical (unpaired) electrons. The third kappa shape index (κ3) is 5.08. The van der Waals surface area contributed by atoms with Crippen LogP contribution in [-0.2, 0) is 6.54 Å². The van der Waals surface area contributed by atoms with Gasteiger partial charge in [0.25, 0.3) is 0 Å². The zero-order valence-electron chi connectivity index (χ0n) is 16.9. The third-order valence-corrected chi connectivity index (χ3v) is 7.26. The van der Waals surface area contributed by atoms with E-state index in [2.05, 4.69) is 45.1 Å². The first-order valence-corrected chi connectivity index (χ1v) is 11.6. The van der Waals surface area contributed by atoms with Crippen LogP contribution < -0.4 is 4.72 Å². The Morgan fingerprint density at radius 1 is 1.20 bits per heavy atom. The van der Waals surface area contributed by atoms with Gasteiger partial charge in [0, 0.05) is 35.9 Å². The minimum Gasteiger partial charge on any atom is -0.361 e. The smallest absolute Gasteiger partial charge is 0.361 e. The first kappa shape index (κ1) is 21.0. The lowest BCUT2D eigenvalue weighted by Gasteiger charge is -2.18. The van der Waals surface area contributed by atoms with Crippen LogP contribution in [0, 0.1) is 0 Å². The Bertz CT molecular complexity index is 1040. The Morgan fingerprint density at radius 2 is 2.03 bits per heavy atom. The van der Waals surface area contributed by atoms with E-state index in [1.807, 2.05) is 24.3 Å². The van der Waals surface area contributed by atoms with Gasteiger partial charge in [-0.2, -0.15) is 13.2 Å². The normalized spacial score (nSPS) is 18.9. The minimum absolute atomic E-state index is 0.395. The number of nitrogens with zero attached hydrogens (tertiary/aromatic N) is 1. The number of fused-ring (bicyclic) bond motifs is 1. The van der Waals surface area contributed by atoms with Crippen molar-refractivity contribution in [1.29, 1.82) is 0 Å².